The number of anilines is 1. The summed E-state index contributed by atoms with van der Waals surface area (Å²) in [4.78, 5) is 20.7. The molecule has 122 valence electrons. The maximum absolute atomic E-state index is 12.5. The van der Waals surface area contributed by atoms with E-state index in [2.05, 4.69) is 16.9 Å². The van der Waals surface area contributed by atoms with Crippen LogP contribution in [0.25, 0.3) is 0 Å². The van der Waals surface area contributed by atoms with E-state index < -0.39 is 0 Å². The van der Waals surface area contributed by atoms with Crippen LogP contribution in [-0.4, -0.2) is 68.4 Å². The molecule has 1 amide bonds. The fourth-order valence-corrected chi connectivity index (χ4v) is 3.16. The van der Waals surface area contributed by atoms with Crippen molar-refractivity contribution in [3.63, 3.8) is 0 Å². The van der Waals surface area contributed by atoms with Crippen molar-refractivity contribution in [1.29, 1.82) is 0 Å². The number of hydrogen-bond donors (Lipinski definition) is 0. The Morgan fingerprint density at radius 3 is 3.14 bits per heavy atom. The second-order valence-corrected chi connectivity index (χ2v) is 6.91. The zero-order chi connectivity index (χ0) is 15.4. The van der Waals surface area contributed by atoms with Crippen LogP contribution in [0.3, 0.4) is 0 Å². The quantitative estimate of drug-likeness (QED) is 0.755. The van der Waals surface area contributed by atoms with Crippen LogP contribution >= 0.6 is 11.3 Å². The first-order valence-electron chi connectivity index (χ1n) is 7.80. The summed E-state index contributed by atoms with van der Waals surface area (Å²) in [6.07, 6.45) is 4.20. The fourth-order valence-electron chi connectivity index (χ4n) is 2.49. The monoisotopic (exact) mass is 325 g/mol. The molecule has 6 nitrogen and oxygen atoms in total. The number of thiazole rings is 1. The number of carbonyl (C=O) groups is 1. The fraction of sp³-hybridized carbons (Fsp3) is 0.733. The van der Waals surface area contributed by atoms with Crippen LogP contribution in [0.2, 0.25) is 0 Å². The topological polar surface area (TPSA) is 54.9 Å². The van der Waals surface area contributed by atoms with Gasteiger partial charge in [-0.3, -0.25) is 9.69 Å². The normalized spacial score (nSPS) is 22.7. The second-order valence-electron chi connectivity index (χ2n) is 6.03. The van der Waals surface area contributed by atoms with E-state index in [4.69, 9.17) is 9.47 Å². The molecule has 2 fully saturated rings. The Labute approximate surface area is 135 Å². The third-order valence-corrected chi connectivity index (χ3v) is 4.75. The zero-order valence-electron chi connectivity index (χ0n) is 12.9. The van der Waals surface area contributed by atoms with Crippen molar-refractivity contribution < 1.29 is 14.3 Å². The number of carbonyl (C=O) groups excluding carboxylic acids is 1. The number of aromatic nitrogens is 1. The van der Waals surface area contributed by atoms with Crippen LogP contribution in [0, 0.1) is 5.92 Å². The van der Waals surface area contributed by atoms with Crippen LogP contribution < -0.4 is 4.90 Å². The molecule has 2 heterocycles. The van der Waals surface area contributed by atoms with Crippen LogP contribution in [-0.2, 0) is 14.3 Å². The molecular weight excluding hydrogens is 302 g/mol. The predicted molar refractivity (Wildman–Crippen MR) is 85.2 cm³/mol. The van der Waals surface area contributed by atoms with Crippen molar-refractivity contribution in [3.8, 4) is 0 Å². The van der Waals surface area contributed by atoms with Crippen molar-refractivity contribution in [2.75, 3.05) is 51.4 Å². The minimum Gasteiger partial charge on any atom is -0.374 e. The Kier molecular flexibility index (Phi) is 5.41. The number of ether oxygens (including phenoxy) is 2. The van der Waals surface area contributed by atoms with E-state index in [9.17, 15) is 4.79 Å². The van der Waals surface area contributed by atoms with Crippen molar-refractivity contribution in [1.82, 2.24) is 9.88 Å². The third-order valence-electron chi connectivity index (χ3n) is 3.96. The van der Waals surface area contributed by atoms with Crippen LogP contribution in [0.15, 0.2) is 11.6 Å². The maximum atomic E-state index is 12.5. The number of hydrogen-bond acceptors (Lipinski definition) is 6. The molecule has 22 heavy (non-hydrogen) atoms. The van der Waals surface area contributed by atoms with Gasteiger partial charge in [0.2, 0.25) is 0 Å². The van der Waals surface area contributed by atoms with Gasteiger partial charge in [0.15, 0.2) is 5.13 Å². The smallest absolute Gasteiger partial charge is 0.254 e. The van der Waals surface area contributed by atoms with Gasteiger partial charge in [0.05, 0.1) is 25.9 Å². The van der Waals surface area contributed by atoms with Crippen LogP contribution in [0.5, 0.6) is 0 Å². The SMILES string of the molecule is CN1CCO[C@H](CN(C(=O)COCC2CC2)c2nccs2)C1. The average molecular weight is 325 g/mol. The molecule has 0 radical (unpaired) electrons. The first-order chi connectivity index (χ1) is 10.7. The zero-order valence-corrected chi connectivity index (χ0v) is 13.8. The molecule has 0 N–H and O–H groups in total. The Balaban J connectivity index is 1.57. The summed E-state index contributed by atoms with van der Waals surface area (Å²) >= 11 is 1.47. The maximum Gasteiger partial charge on any atom is 0.254 e. The van der Waals surface area contributed by atoms with Gasteiger partial charge < -0.3 is 14.4 Å². The van der Waals surface area contributed by atoms with E-state index in [-0.39, 0.29) is 18.6 Å². The highest BCUT2D eigenvalue weighted by Gasteiger charge is 2.27. The van der Waals surface area contributed by atoms with Gasteiger partial charge in [-0.2, -0.15) is 0 Å². The van der Waals surface area contributed by atoms with E-state index >= 15 is 0 Å². The molecule has 1 saturated carbocycles. The van der Waals surface area contributed by atoms with Gasteiger partial charge in [0.25, 0.3) is 5.91 Å². The average Bonchev–Trinajstić information content (AvgIpc) is 3.16. The summed E-state index contributed by atoms with van der Waals surface area (Å²) in [6, 6.07) is 0. The summed E-state index contributed by atoms with van der Waals surface area (Å²) in [5.74, 6) is 0.629. The molecule has 1 aromatic heterocycles. The Morgan fingerprint density at radius 1 is 1.59 bits per heavy atom. The van der Waals surface area contributed by atoms with Gasteiger partial charge in [0, 0.05) is 24.7 Å². The summed E-state index contributed by atoms with van der Waals surface area (Å²) < 4.78 is 11.3. The van der Waals surface area contributed by atoms with E-state index in [0.717, 1.165) is 18.2 Å². The summed E-state index contributed by atoms with van der Waals surface area (Å²) in [6.45, 7) is 3.83. The Hall–Kier alpha value is -1.02. The van der Waals surface area contributed by atoms with Crippen molar-refractivity contribution in [3.05, 3.63) is 11.6 Å². The molecule has 2 aliphatic rings. The van der Waals surface area contributed by atoms with Gasteiger partial charge in [-0.25, -0.2) is 4.98 Å². The Morgan fingerprint density at radius 2 is 2.45 bits per heavy atom. The van der Waals surface area contributed by atoms with E-state index in [1.165, 1.54) is 24.2 Å². The summed E-state index contributed by atoms with van der Waals surface area (Å²) in [7, 11) is 2.07. The molecular formula is C15H23N3O3S. The minimum atomic E-state index is -0.0348. The molecule has 1 atom stereocenters. The first kappa shape index (κ1) is 15.9. The number of amides is 1. The highest BCUT2D eigenvalue weighted by Crippen LogP contribution is 2.28. The number of nitrogens with zero attached hydrogens (tertiary/aromatic N) is 3. The van der Waals surface area contributed by atoms with Crippen LogP contribution in [0.4, 0.5) is 5.13 Å². The van der Waals surface area contributed by atoms with E-state index in [1.807, 2.05) is 5.38 Å². The van der Waals surface area contributed by atoms with Gasteiger partial charge >= 0.3 is 0 Å². The molecule has 0 spiro atoms. The lowest BCUT2D eigenvalue weighted by Crippen LogP contribution is -2.48. The number of rotatable bonds is 7. The standard InChI is InChI=1S/C15H23N3O3S/c1-17-5-6-21-13(8-17)9-18(15-16-4-7-22-15)14(19)11-20-10-12-2-3-12/h4,7,12-13H,2-3,5-6,8-11H2,1H3/t13-/m0/s1. The lowest BCUT2D eigenvalue weighted by molar-refractivity contribution is -0.124. The van der Waals surface area contributed by atoms with E-state index in [0.29, 0.717) is 25.7 Å². The van der Waals surface area contributed by atoms with E-state index in [1.54, 1.807) is 11.1 Å². The summed E-state index contributed by atoms with van der Waals surface area (Å²) in [5, 5.41) is 2.60. The van der Waals surface area contributed by atoms with Gasteiger partial charge in [-0.1, -0.05) is 0 Å². The van der Waals surface area contributed by atoms with Crippen LogP contribution in [0.1, 0.15) is 12.8 Å². The Bertz CT molecular complexity index is 478. The molecule has 0 aromatic carbocycles. The molecule has 1 aliphatic heterocycles. The predicted octanol–water partition coefficient (Wildman–Crippen LogP) is 1.23. The minimum absolute atomic E-state index is 0.0232. The summed E-state index contributed by atoms with van der Waals surface area (Å²) in [5.41, 5.74) is 0. The largest absolute Gasteiger partial charge is 0.374 e. The molecule has 0 bridgehead atoms. The lowest BCUT2D eigenvalue weighted by Gasteiger charge is -2.33. The third kappa shape index (κ3) is 4.49. The lowest BCUT2D eigenvalue weighted by atomic mass is 10.2. The number of morpholine rings is 1. The first-order valence-corrected chi connectivity index (χ1v) is 8.68. The second kappa shape index (κ2) is 7.50. The van der Waals surface area contributed by atoms with Gasteiger partial charge in [-0.15, -0.1) is 11.3 Å². The number of likely N-dealkylation sites (N-methyl/N-ethyl adjacent to an activating group) is 1. The molecule has 1 aromatic rings. The van der Waals surface area contributed by atoms with Gasteiger partial charge in [0.1, 0.15) is 6.61 Å². The van der Waals surface area contributed by atoms with Crippen molar-refractivity contribution in [2.45, 2.75) is 18.9 Å². The molecule has 1 aliphatic carbocycles. The molecule has 7 heteroatoms. The van der Waals surface area contributed by atoms with Gasteiger partial charge in [-0.05, 0) is 25.8 Å². The highest BCUT2D eigenvalue weighted by atomic mass is 32.1. The van der Waals surface area contributed by atoms with Crippen molar-refractivity contribution in [2.24, 2.45) is 5.92 Å². The molecule has 0 unspecified atom stereocenters. The highest BCUT2D eigenvalue weighted by molar-refractivity contribution is 7.13. The van der Waals surface area contributed by atoms with Crippen molar-refractivity contribution >= 4 is 22.4 Å². The molecule has 3 rings (SSSR count). The molecule has 1 saturated heterocycles.